The second kappa shape index (κ2) is 23.5. The predicted octanol–water partition coefficient (Wildman–Crippen LogP) is 5.71. The van der Waals surface area contributed by atoms with Gasteiger partial charge in [0.15, 0.2) is 0 Å². The van der Waals surface area contributed by atoms with Gasteiger partial charge in [0, 0.05) is 12.4 Å². The van der Waals surface area contributed by atoms with Gasteiger partial charge in [-0.25, -0.2) is 0 Å². The maximum atomic E-state index is 11.1. The predicted molar refractivity (Wildman–Crippen MR) is 143 cm³/mol. The van der Waals surface area contributed by atoms with Gasteiger partial charge in [-0.2, -0.15) is 0 Å². The average Bonchev–Trinajstić information content (AvgIpc) is 2.83. The molecule has 0 aliphatic carbocycles. The van der Waals surface area contributed by atoms with Crippen LogP contribution in [-0.4, -0.2) is 58.8 Å². The molecule has 0 rings (SSSR count). The van der Waals surface area contributed by atoms with Gasteiger partial charge in [0.1, 0.15) is 0 Å². The first-order chi connectivity index (χ1) is 17.3. The summed E-state index contributed by atoms with van der Waals surface area (Å²) >= 11 is 0. The molecule has 0 aromatic heterocycles. The molecule has 0 aliphatic rings. The van der Waals surface area contributed by atoms with E-state index in [1.165, 1.54) is 77.0 Å². The Labute approximate surface area is 219 Å². The number of nitrogens with zero attached hydrogens (tertiary/aromatic N) is 1. The van der Waals surface area contributed by atoms with Gasteiger partial charge in [-0.3, -0.25) is 9.59 Å². The van der Waals surface area contributed by atoms with E-state index in [0.29, 0.717) is 6.54 Å². The van der Waals surface area contributed by atoms with Crippen LogP contribution in [0.1, 0.15) is 129 Å². The molecular weight excluding hydrogens is 458 g/mol. The van der Waals surface area contributed by atoms with E-state index in [1.807, 2.05) is 0 Å². The summed E-state index contributed by atoms with van der Waals surface area (Å²) in [7, 11) is 0. The maximum absolute atomic E-state index is 11.1. The van der Waals surface area contributed by atoms with Crippen LogP contribution in [0.25, 0.3) is 0 Å². The zero-order valence-corrected chi connectivity index (χ0v) is 22.9. The molecule has 0 radical (unpaired) electrons. The van der Waals surface area contributed by atoms with E-state index >= 15 is 0 Å². The summed E-state index contributed by atoms with van der Waals surface area (Å²) in [6.07, 6.45) is 23.9. The lowest BCUT2D eigenvalue weighted by molar-refractivity contribution is -0.927. The van der Waals surface area contributed by atoms with Crippen molar-refractivity contribution in [1.29, 1.82) is 0 Å². The molecule has 0 spiro atoms. The van der Waals surface area contributed by atoms with Crippen LogP contribution in [-0.2, 0) is 14.4 Å². The number of carboxylic acids is 3. The van der Waals surface area contributed by atoms with Gasteiger partial charge >= 0.3 is 11.9 Å². The van der Waals surface area contributed by atoms with Gasteiger partial charge in [0.2, 0.25) is 0 Å². The number of hydrogen-bond acceptors (Lipinski definition) is 4. The minimum atomic E-state index is -1.18. The van der Waals surface area contributed by atoms with E-state index in [-0.39, 0.29) is 43.4 Å². The number of aliphatic carboxylic acids is 3. The first-order valence-corrected chi connectivity index (χ1v) is 14.4. The Kier molecular flexibility index (Phi) is 22.3. The quantitative estimate of drug-likeness (QED) is 0.0829. The Morgan fingerprint density at radius 3 is 1.39 bits per heavy atom. The molecule has 0 aromatic rings. The van der Waals surface area contributed by atoms with Crippen LogP contribution < -0.4 is 5.11 Å². The number of rotatable bonds is 27. The molecule has 0 bridgehead atoms. The highest BCUT2D eigenvalue weighted by atomic mass is 16.4. The van der Waals surface area contributed by atoms with Crippen LogP contribution in [0.4, 0.5) is 0 Å². The average molecular weight is 512 g/mol. The molecule has 0 fully saturated rings. The monoisotopic (exact) mass is 511 g/mol. The highest BCUT2D eigenvalue weighted by Crippen LogP contribution is 2.17. The topological polar surface area (TPSA) is 115 Å². The standard InChI is InChI=1S/C29H53NO6/c1-2-3-4-5-6-7-8-9-10-11-12-13-14-15-16-17-18-19-23-30(24-20-27(31)32,25-21-28(33)34)26-22-29(35)36/h9-10H,2-8,11-26H2,1H3,(H2-,31,32,33,34,35,36)/b10-9+. The molecule has 0 saturated heterocycles. The van der Waals surface area contributed by atoms with Crippen molar-refractivity contribution in [3.05, 3.63) is 12.2 Å². The van der Waals surface area contributed by atoms with Gasteiger partial charge in [0.05, 0.1) is 39.0 Å². The summed E-state index contributed by atoms with van der Waals surface area (Å²) in [4.78, 5) is 33.2. The van der Waals surface area contributed by atoms with E-state index in [1.54, 1.807) is 0 Å². The number of quaternary nitrogens is 1. The molecular formula is C29H53NO6. The number of hydrogen-bond donors (Lipinski definition) is 2. The van der Waals surface area contributed by atoms with Crippen molar-refractivity contribution in [2.75, 3.05) is 26.2 Å². The third kappa shape index (κ3) is 22.6. The van der Waals surface area contributed by atoms with Gasteiger partial charge in [-0.15, -0.1) is 0 Å². The largest absolute Gasteiger partial charge is 0.550 e. The Balaban J connectivity index is 4.01. The molecule has 0 unspecified atom stereocenters. The van der Waals surface area contributed by atoms with Crippen LogP contribution in [0.3, 0.4) is 0 Å². The zero-order valence-electron chi connectivity index (χ0n) is 22.9. The van der Waals surface area contributed by atoms with Gasteiger partial charge < -0.3 is 24.6 Å². The SMILES string of the molecule is CCCCCCCC/C=C/CCCCCCCCCC[N+](CCC(=O)[O-])(CCC(=O)O)CCC(=O)O. The highest BCUT2D eigenvalue weighted by Gasteiger charge is 2.28. The summed E-state index contributed by atoms with van der Waals surface area (Å²) in [6, 6.07) is 0. The van der Waals surface area contributed by atoms with E-state index in [0.717, 1.165) is 25.7 Å². The van der Waals surface area contributed by atoms with Gasteiger partial charge in [-0.1, -0.05) is 83.3 Å². The highest BCUT2D eigenvalue weighted by molar-refractivity contribution is 5.67. The third-order valence-corrected chi connectivity index (χ3v) is 7.03. The molecule has 7 nitrogen and oxygen atoms in total. The number of allylic oxidation sites excluding steroid dienone is 2. The summed E-state index contributed by atoms with van der Waals surface area (Å²) < 4.78 is 0.221. The van der Waals surface area contributed by atoms with Crippen molar-refractivity contribution in [3.8, 4) is 0 Å². The van der Waals surface area contributed by atoms with Crippen molar-refractivity contribution in [2.24, 2.45) is 0 Å². The number of unbranched alkanes of at least 4 members (excludes halogenated alkanes) is 14. The minimum absolute atomic E-state index is 0.0963. The van der Waals surface area contributed by atoms with Crippen molar-refractivity contribution in [3.63, 3.8) is 0 Å². The maximum Gasteiger partial charge on any atom is 0.309 e. The molecule has 0 saturated carbocycles. The Bertz CT molecular complexity index is 559. The van der Waals surface area contributed by atoms with Crippen LogP contribution in [0.5, 0.6) is 0 Å². The molecule has 0 heterocycles. The van der Waals surface area contributed by atoms with E-state index in [9.17, 15) is 19.5 Å². The Hall–Kier alpha value is -1.89. The number of carbonyl (C=O) groups excluding carboxylic acids is 1. The minimum Gasteiger partial charge on any atom is -0.550 e. The lowest BCUT2D eigenvalue weighted by Crippen LogP contribution is -2.53. The molecule has 0 amide bonds. The van der Waals surface area contributed by atoms with Crippen LogP contribution in [0, 0.1) is 0 Å². The van der Waals surface area contributed by atoms with E-state index in [4.69, 9.17) is 10.2 Å². The fraction of sp³-hybridized carbons (Fsp3) is 0.828. The molecule has 0 aliphatic heterocycles. The number of carboxylic acid groups (broad SMARTS) is 3. The van der Waals surface area contributed by atoms with E-state index < -0.39 is 17.9 Å². The Morgan fingerprint density at radius 1 is 0.583 bits per heavy atom. The second-order valence-corrected chi connectivity index (χ2v) is 10.3. The smallest absolute Gasteiger partial charge is 0.309 e. The third-order valence-electron chi connectivity index (χ3n) is 7.03. The normalized spacial score (nSPS) is 11.8. The van der Waals surface area contributed by atoms with Gasteiger partial charge in [0.25, 0.3) is 0 Å². The van der Waals surface area contributed by atoms with Crippen LogP contribution in [0.15, 0.2) is 12.2 Å². The van der Waals surface area contributed by atoms with E-state index in [2.05, 4.69) is 19.1 Å². The first-order valence-electron chi connectivity index (χ1n) is 14.4. The summed E-state index contributed by atoms with van der Waals surface area (Å²) in [6.45, 7) is 3.59. The first kappa shape index (κ1) is 34.1. The summed E-state index contributed by atoms with van der Waals surface area (Å²) in [5.41, 5.74) is 0. The zero-order chi connectivity index (χ0) is 26.9. The fourth-order valence-electron chi connectivity index (χ4n) is 4.71. The second-order valence-electron chi connectivity index (χ2n) is 10.3. The van der Waals surface area contributed by atoms with Crippen molar-refractivity contribution < 1.29 is 34.2 Å². The number of carbonyl (C=O) groups is 3. The molecule has 7 heteroatoms. The molecule has 210 valence electrons. The lowest BCUT2D eigenvalue weighted by Gasteiger charge is -2.38. The van der Waals surface area contributed by atoms with Crippen molar-refractivity contribution in [1.82, 2.24) is 0 Å². The lowest BCUT2D eigenvalue weighted by atomic mass is 10.1. The summed E-state index contributed by atoms with van der Waals surface area (Å²) in [5, 5.41) is 29.2. The van der Waals surface area contributed by atoms with Crippen LogP contribution in [0.2, 0.25) is 0 Å². The van der Waals surface area contributed by atoms with Crippen LogP contribution >= 0.6 is 0 Å². The molecule has 36 heavy (non-hydrogen) atoms. The van der Waals surface area contributed by atoms with Gasteiger partial charge in [-0.05, 0) is 38.5 Å². The van der Waals surface area contributed by atoms with Crippen molar-refractivity contribution >= 4 is 17.9 Å². The summed E-state index contributed by atoms with van der Waals surface area (Å²) in [5.74, 6) is -3.08. The Morgan fingerprint density at radius 2 is 0.972 bits per heavy atom. The molecule has 2 N–H and O–H groups in total. The molecule has 0 atom stereocenters. The molecule has 0 aromatic carbocycles. The fourth-order valence-corrected chi connectivity index (χ4v) is 4.71. The van der Waals surface area contributed by atoms with Crippen molar-refractivity contribution in [2.45, 2.75) is 129 Å².